The van der Waals surface area contributed by atoms with Gasteiger partial charge < -0.3 is 5.11 Å². The highest BCUT2D eigenvalue weighted by Crippen LogP contribution is 2.16. The molecular formula is C11H8N2O2. The van der Waals surface area contributed by atoms with E-state index in [4.69, 9.17) is 5.11 Å². The molecule has 0 bridgehead atoms. The van der Waals surface area contributed by atoms with Crippen molar-refractivity contribution >= 4 is 5.97 Å². The molecule has 0 aromatic carbocycles. The van der Waals surface area contributed by atoms with Gasteiger partial charge in [-0.1, -0.05) is 0 Å². The first-order chi connectivity index (χ1) is 7.27. The molecule has 0 atom stereocenters. The second kappa shape index (κ2) is 3.88. The van der Waals surface area contributed by atoms with Gasteiger partial charge in [0.2, 0.25) is 0 Å². The Labute approximate surface area is 86.2 Å². The molecule has 0 saturated carbocycles. The molecule has 0 aliphatic carbocycles. The number of aromatic carboxylic acids is 1. The van der Waals surface area contributed by atoms with Crippen LogP contribution in [0.4, 0.5) is 0 Å². The molecule has 15 heavy (non-hydrogen) atoms. The summed E-state index contributed by atoms with van der Waals surface area (Å²) in [6.07, 6.45) is 4.77. The van der Waals surface area contributed by atoms with Gasteiger partial charge in [0.05, 0.1) is 11.3 Å². The first kappa shape index (κ1) is 9.33. The number of nitrogens with zero attached hydrogens (tertiary/aromatic N) is 2. The van der Waals surface area contributed by atoms with Crippen molar-refractivity contribution in [3.8, 4) is 11.3 Å². The molecular weight excluding hydrogens is 192 g/mol. The van der Waals surface area contributed by atoms with Gasteiger partial charge in [0.1, 0.15) is 0 Å². The maximum atomic E-state index is 10.7. The fourth-order valence-electron chi connectivity index (χ4n) is 1.24. The largest absolute Gasteiger partial charge is 0.478 e. The summed E-state index contributed by atoms with van der Waals surface area (Å²) in [5.74, 6) is -0.951. The Morgan fingerprint density at radius 1 is 1.13 bits per heavy atom. The van der Waals surface area contributed by atoms with E-state index in [1.54, 1.807) is 24.5 Å². The van der Waals surface area contributed by atoms with Crippen molar-refractivity contribution < 1.29 is 9.90 Å². The molecule has 1 N–H and O–H groups in total. The average Bonchev–Trinajstić information content (AvgIpc) is 2.30. The summed E-state index contributed by atoms with van der Waals surface area (Å²) in [4.78, 5) is 18.7. The minimum absolute atomic E-state index is 0.233. The minimum Gasteiger partial charge on any atom is -0.478 e. The van der Waals surface area contributed by atoms with Gasteiger partial charge >= 0.3 is 5.97 Å². The lowest BCUT2D eigenvalue weighted by Crippen LogP contribution is -1.97. The zero-order chi connectivity index (χ0) is 10.7. The van der Waals surface area contributed by atoms with Crippen molar-refractivity contribution in [2.75, 3.05) is 0 Å². The lowest BCUT2D eigenvalue weighted by Gasteiger charge is -2.00. The summed E-state index contributed by atoms with van der Waals surface area (Å²) in [6, 6.07) is 6.58. The van der Waals surface area contributed by atoms with E-state index in [0.717, 1.165) is 5.56 Å². The van der Waals surface area contributed by atoms with Crippen LogP contribution in [0.15, 0.2) is 42.9 Å². The predicted octanol–water partition coefficient (Wildman–Crippen LogP) is 1.84. The number of carboxylic acid groups (broad SMARTS) is 1. The van der Waals surface area contributed by atoms with Crippen molar-refractivity contribution in [1.29, 1.82) is 0 Å². The second-order valence-corrected chi connectivity index (χ2v) is 2.97. The number of carbonyl (C=O) groups is 1. The second-order valence-electron chi connectivity index (χ2n) is 2.97. The van der Waals surface area contributed by atoms with Crippen molar-refractivity contribution in [1.82, 2.24) is 9.97 Å². The highest BCUT2D eigenvalue weighted by Gasteiger charge is 2.05. The monoisotopic (exact) mass is 200 g/mol. The quantitative estimate of drug-likeness (QED) is 0.803. The third-order valence-corrected chi connectivity index (χ3v) is 1.98. The summed E-state index contributed by atoms with van der Waals surface area (Å²) >= 11 is 0. The van der Waals surface area contributed by atoms with Crippen LogP contribution in [0.2, 0.25) is 0 Å². The van der Waals surface area contributed by atoms with Gasteiger partial charge in [-0.3, -0.25) is 9.97 Å². The highest BCUT2D eigenvalue weighted by atomic mass is 16.4. The summed E-state index contributed by atoms with van der Waals surface area (Å²) in [6.45, 7) is 0. The molecule has 0 spiro atoms. The van der Waals surface area contributed by atoms with Crippen LogP contribution >= 0.6 is 0 Å². The fourth-order valence-corrected chi connectivity index (χ4v) is 1.24. The topological polar surface area (TPSA) is 63.1 Å². The number of aromatic nitrogens is 2. The highest BCUT2D eigenvalue weighted by molar-refractivity contribution is 5.88. The number of hydrogen-bond donors (Lipinski definition) is 1. The van der Waals surface area contributed by atoms with Crippen LogP contribution in [0.5, 0.6) is 0 Å². The van der Waals surface area contributed by atoms with Gasteiger partial charge in [-0.15, -0.1) is 0 Å². The molecule has 2 aromatic rings. The Morgan fingerprint density at radius 3 is 2.53 bits per heavy atom. The smallest absolute Gasteiger partial charge is 0.335 e. The number of rotatable bonds is 2. The van der Waals surface area contributed by atoms with Crippen molar-refractivity contribution in [3.63, 3.8) is 0 Å². The molecule has 0 unspecified atom stereocenters. The molecule has 2 heterocycles. The van der Waals surface area contributed by atoms with E-state index in [0.29, 0.717) is 5.69 Å². The third-order valence-electron chi connectivity index (χ3n) is 1.98. The summed E-state index contributed by atoms with van der Waals surface area (Å²) in [7, 11) is 0. The van der Waals surface area contributed by atoms with Gasteiger partial charge in [-0.2, -0.15) is 0 Å². The first-order valence-electron chi connectivity index (χ1n) is 4.37. The molecule has 2 aromatic heterocycles. The lowest BCUT2D eigenvalue weighted by atomic mass is 10.1. The maximum absolute atomic E-state index is 10.7. The minimum atomic E-state index is -0.951. The van der Waals surface area contributed by atoms with Crippen LogP contribution in [0.3, 0.4) is 0 Å². The standard InChI is InChI=1S/C11H8N2O2/c14-11(15)9-3-6-13-10(7-9)8-1-4-12-5-2-8/h1-7H,(H,14,15). The van der Waals surface area contributed by atoms with Gasteiger partial charge in [-0.25, -0.2) is 4.79 Å². The Bertz CT molecular complexity index is 483. The zero-order valence-corrected chi connectivity index (χ0v) is 7.79. The van der Waals surface area contributed by atoms with E-state index in [-0.39, 0.29) is 5.56 Å². The molecule has 2 rings (SSSR count). The van der Waals surface area contributed by atoms with Crippen molar-refractivity contribution in [3.05, 3.63) is 48.4 Å². The molecule has 0 saturated heterocycles. The van der Waals surface area contributed by atoms with Crippen molar-refractivity contribution in [2.45, 2.75) is 0 Å². The Balaban J connectivity index is 2.46. The number of carboxylic acids is 1. The normalized spacial score (nSPS) is 9.87. The van der Waals surface area contributed by atoms with Crippen LogP contribution in [0.25, 0.3) is 11.3 Å². The molecule has 74 valence electrons. The first-order valence-corrected chi connectivity index (χ1v) is 4.37. The summed E-state index contributed by atoms with van der Waals surface area (Å²) in [5.41, 5.74) is 1.72. The molecule has 4 nitrogen and oxygen atoms in total. The van der Waals surface area contributed by atoms with E-state index >= 15 is 0 Å². The van der Waals surface area contributed by atoms with E-state index in [9.17, 15) is 4.79 Å². The SMILES string of the molecule is O=C(O)c1ccnc(-c2ccncc2)c1. The number of hydrogen-bond acceptors (Lipinski definition) is 3. The Morgan fingerprint density at radius 2 is 1.87 bits per heavy atom. The number of pyridine rings is 2. The van der Waals surface area contributed by atoms with Gasteiger partial charge in [0.25, 0.3) is 0 Å². The summed E-state index contributed by atoms with van der Waals surface area (Å²) in [5, 5.41) is 8.82. The molecule has 0 amide bonds. The van der Waals surface area contributed by atoms with Crippen LogP contribution in [0.1, 0.15) is 10.4 Å². The molecule has 0 radical (unpaired) electrons. The van der Waals surface area contributed by atoms with Gasteiger partial charge in [0, 0.05) is 24.2 Å². The average molecular weight is 200 g/mol. The fraction of sp³-hybridized carbons (Fsp3) is 0. The Kier molecular flexibility index (Phi) is 2.41. The van der Waals surface area contributed by atoms with E-state index in [1.165, 1.54) is 18.3 Å². The summed E-state index contributed by atoms with van der Waals surface area (Å²) < 4.78 is 0. The Hall–Kier alpha value is -2.23. The lowest BCUT2D eigenvalue weighted by molar-refractivity contribution is 0.0697. The van der Waals surface area contributed by atoms with Gasteiger partial charge in [-0.05, 0) is 24.3 Å². The van der Waals surface area contributed by atoms with Gasteiger partial charge in [0.15, 0.2) is 0 Å². The van der Waals surface area contributed by atoms with E-state index in [2.05, 4.69) is 9.97 Å². The van der Waals surface area contributed by atoms with E-state index < -0.39 is 5.97 Å². The van der Waals surface area contributed by atoms with Crippen LogP contribution in [0, 0.1) is 0 Å². The third kappa shape index (κ3) is 1.99. The van der Waals surface area contributed by atoms with Crippen LogP contribution in [-0.2, 0) is 0 Å². The zero-order valence-electron chi connectivity index (χ0n) is 7.79. The molecule has 0 aliphatic rings. The van der Waals surface area contributed by atoms with Crippen LogP contribution < -0.4 is 0 Å². The predicted molar refractivity (Wildman–Crippen MR) is 54.4 cm³/mol. The van der Waals surface area contributed by atoms with Crippen LogP contribution in [-0.4, -0.2) is 21.0 Å². The molecule has 0 aliphatic heterocycles. The molecule has 0 fully saturated rings. The molecule has 4 heteroatoms. The van der Waals surface area contributed by atoms with Crippen molar-refractivity contribution in [2.24, 2.45) is 0 Å². The maximum Gasteiger partial charge on any atom is 0.335 e. The van der Waals surface area contributed by atoms with E-state index in [1.807, 2.05) is 0 Å².